The highest BCUT2D eigenvalue weighted by atomic mass is 32.2. The van der Waals surface area contributed by atoms with Gasteiger partial charge in [0.15, 0.2) is 5.82 Å². The van der Waals surface area contributed by atoms with Crippen LogP contribution in [0, 0.1) is 11.7 Å². The lowest BCUT2D eigenvalue weighted by molar-refractivity contribution is -0.192. The minimum absolute atomic E-state index is 0.0840. The maximum absolute atomic E-state index is 13.2. The molecule has 1 saturated heterocycles. The number of hydrogen-bond donors (Lipinski definition) is 3. The number of halogens is 4. The molecule has 0 amide bonds. The highest BCUT2D eigenvalue weighted by molar-refractivity contribution is 7.92. The summed E-state index contributed by atoms with van der Waals surface area (Å²) in [5.74, 6) is -3.64. The first-order chi connectivity index (χ1) is 18.8. The molecule has 14 heteroatoms. The molecule has 0 saturated carbocycles. The van der Waals surface area contributed by atoms with E-state index < -0.39 is 34.0 Å². The third-order valence-electron chi connectivity index (χ3n) is 6.01. The molecular formula is C26H25F4N3O6S. The number of nitrogens with zero attached hydrogens (tertiary/aromatic N) is 2. The van der Waals surface area contributed by atoms with E-state index in [4.69, 9.17) is 9.90 Å². The maximum Gasteiger partial charge on any atom is 0.490 e. The molecule has 40 heavy (non-hydrogen) atoms. The normalized spacial score (nSPS) is 14.2. The van der Waals surface area contributed by atoms with Crippen molar-refractivity contribution in [3.05, 3.63) is 83.8 Å². The number of carbonyl (C=O) groups is 2. The van der Waals surface area contributed by atoms with E-state index in [0.29, 0.717) is 24.8 Å². The third kappa shape index (κ3) is 8.40. The summed E-state index contributed by atoms with van der Waals surface area (Å²) in [5.41, 5.74) is 1.24. The Bertz CT molecular complexity index is 1430. The van der Waals surface area contributed by atoms with Crippen LogP contribution in [-0.4, -0.2) is 54.8 Å². The Hall–Kier alpha value is -4.20. The van der Waals surface area contributed by atoms with Crippen molar-refractivity contribution in [3.63, 3.8) is 0 Å². The van der Waals surface area contributed by atoms with Crippen LogP contribution in [0.1, 0.15) is 28.8 Å². The van der Waals surface area contributed by atoms with Crippen LogP contribution in [0.3, 0.4) is 0 Å². The van der Waals surface area contributed by atoms with Crippen LogP contribution in [0.5, 0.6) is 0 Å². The number of carboxylic acid groups (broad SMARTS) is 2. The molecule has 3 aromatic rings. The number of benzene rings is 2. The molecule has 4 rings (SSSR count). The number of aromatic carboxylic acids is 1. The van der Waals surface area contributed by atoms with Gasteiger partial charge in [0.05, 0.1) is 16.1 Å². The van der Waals surface area contributed by atoms with E-state index >= 15 is 0 Å². The summed E-state index contributed by atoms with van der Waals surface area (Å²) in [5, 5.41) is 16.5. The summed E-state index contributed by atoms with van der Waals surface area (Å²) >= 11 is 0. The van der Waals surface area contributed by atoms with Crippen molar-refractivity contribution >= 4 is 33.5 Å². The van der Waals surface area contributed by atoms with E-state index in [1.807, 2.05) is 23.1 Å². The maximum atomic E-state index is 13.2. The van der Waals surface area contributed by atoms with Crippen LogP contribution in [0.2, 0.25) is 0 Å². The van der Waals surface area contributed by atoms with Gasteiger partial charge < -0.3 is 15.1 Å². The third-order valence-corrected chi connectivity index (χ3v) is 7.39. The number of carboxylic acids is 2. The summed E-state index contributed by atoms with van der Waals surface area (Å²) < 4.78 is 73.1. The van der Waals surface area contributed by atoms with Crippen molar-refractivity contribution in [2.45, 2.75) is 30.3 Å². The molecule has 3 N–H and O–H groups in total. The Labute approximate surface area is 227 Å². The molecule has 2 aromatic carbocycles. The van der Waals surface area contributed by atoms with Gasteiger partial charge in [0.1, 0.15) is 5.82 Å². The lowest BCUT2D eigenvalue weighted by atomic mass is 9.90. The van der Waals surface area contributed by atoms with Gasteiger partial charge in [-0.25, -0.2) is 27.4 Å². The van der Waals surface area contributed by atoms with Crippen molar-refractivity contribution < 1.29 is 45.8 Å². The van der Waals surface area contributed by atoms with Gasteiger partial charge in [0.2, 0.25) is 0 Å². The second-order valence-corrected chi connectivity index (χ2v) is 10.6. The molecule has 0 bridgehead atoms. The van der Waals surface area contributed by atoms with E-state index in [2.05, 4.69) is 21.8 Å². The zero-order valence-electron chi connectivity index (χ0n) is 20.8. The number of aromatic nitrogens is 1. The standard InChI is InChI=1S/C24H24FN3O4S.C2HF3O2/c25-20-6-8-21(9-7-20)33(31,32)27-22-15-19(24(29)30)16-26-23(22)28-12-10-18(11-13-28)14-17-4-2-1-3-5-17;3-2(4,5)1(6)7/h1-9,15-16,18,27H,10-14H2,(H,29,30);(H,6,7). The fraction of sp³-hybridized carbons (Fsp3) is 0.269. The lowest BCUT2D eigenvalue weighted by Crippen LogP contribution is -2.35. The first-order valence-corrected chi connectivity index (χ1v) is 13.4. The van der Waals surface area contributed by atoms with Crippen molar-refractivity contribution in [2.75, 3.05) is 22.7 Å². The monoisotopic (exact) mass is 583 g/mol. The average Bonchev–Trinajstić information content (AvgIpc) is 2.89. The zero-order chi connectivity index (χ0) is 29.5. The summed E-state index contributed by atoms with van der Waals surface area (Å²) in [6.07, 6.45) is -1.07. The molecule has 1 fully saturated rings. The minimum Gasteiger partial charge on any atom is -0.478 e. The van der Waals surface area contributed by atoms with E-state index in [0.717, 1.165) is 43.5 Å². The van der Waals surface area contributed by atoms with Crippen LogP contribution in [0.25, 0.3) is 0 Å². The first-order valence-electron chi connectivity index (χ1n) is 11.9. The average molecular weight is 584 g/mol. The van der Waals surface area contributed by atoms with E-state index in [9.17, 15) is 35.9 Å². The Balaban J connectivity index is 0.000000559. The Kier molecular flexibility index (Phi) is 9.69. The smallest absolute Gasteiger partial charge is 0.478 e. The number of anilines is 2. The molecule has 1 aromatic heterocycles. The number of pyridine rings is 1. The second-order valence-electron chi connectivity index (χ2n) is 8.88. The molecular weight excluding hydrogens is 558 g/mol. The number of sulfonamides is 1. The zero-order valence-corrected chi connectivity index (χ0v) is 21.6. The quantitative estimate of drug-likeness (QED) is 0.337. The number of nitrogens with one attached hydrogen (secondary N) is 1. The highest BCUT2D eigenvalue weighted by Crippen LogP contribution is 2.31. The number of aliphatic carboxylic acids is 1. The largest absolute Gasteiger partial charge is 0.490 e. The number of alkyl halides is 3. The lowest BCUT2D eigenvalue weighted by Gasteiger charge is -2.34. The van der Waals surface area contributed by atoms with Gasteiger partial charge in [-0.15, -0.1) is 0 Å². The van der Waals surface area contributed by atoms with Gasteiger partial charge in [0.25, 0.3) is 10.0 Å². The molecule has 214 valence electrons. The molecule has 0 unspecified atom stereocenters. The van der Waals surface area contributed by atoms with Crippen molar-refractivity contribution in [1.82, 2.24) is 4.98 Å². The van der Waals surface area contributed by atoms with Gasteiger partial charge in [-0.05, 0) is 61.1 Å². The molecule has 0 atom stereocenters. The number of rotatable bonds is 7. The molecule has 0 aliphatic carbocycles. The Morgan fingerprint density at radius 1 is 1.00 bits per heavy atom. The van der Waals surface area contributed by atoms with Crippen LogP contribution in [0.4, 0.5) is 29.1 Å². The van der Waals surface area contributed by atoms with Gasteiger partial charge in [-0.3, -0.25) is 4.72 Å². The van der Waals surface area contributed by atoms with Crippen molar-refractivity contribution in [1.29, 1.82) is 0 Å². The van der Waals surface area contributed by atoms with Crippen LogP contribution >= 0.6 is 0 Å². The Morgan fingerprint density at radius 2 is 1.57 bits per heavy atom. The van der Waals surface area contributed by atoms with Gasteiger partial charge >= 0.3 is 18.1 Å². The summed E-state index contributed by atoms with van der Waals surface area (Å²) in [7, 11) is -4.06. The van der Waals surface area contributed by atoms with Gasteiger partial charge in [0, 0.05) is 19.3 Å². The summed E-state index contributed by atoms with van der Waals surface area (Å²) in [6.45, 7) is 1.34. The van der Waals surface area contributed by atoms with Crippen LogP contribution < -0.4 is 9.62 Å². The van der Waals surface area contributed by atoms with Crippen molar-refractivity contribution in [3.8, 4) is 0 Å². The van der Waals surface area contributed by atoms with Crippen LogP contribution in [-0.2, 0) is 21.2 Å². The highest BCUT2D eigenvalue weighted by Gasteiger charge is 2.38. The molecule has 1 aliphatic heterocycles. The SMILES string of the molecule is O=C(O)C(F)(F)F.O=C(O)c1cnc(N2CCC(Cc3ccccc3)CC2)c(NS(=O)(=O)c2ccc(F)cc2)c1. The van der Waals surface area contributed by atoms with E-state index in [1.54, 1.807) is 0 Å². The van der Waals surface area contributed by atoms with Gasteiger partial charge in [-0.2, -0.15) is 13.2 Å². The predicted molar refractivity (Wildman–Crippen MR) is 137 cm³/mol. The van der Waals surface area contributed by atoms with Crippen molar-refractivity contribution in [2.24, 2.45) is 5.92 Å². The first kappa shape index (κ1) is 30.3. The summed E-state index contributed by atoms with van der Waals surface area (Å²) in [4.78, 5) is 26.5. The number of hydrogen-bond acceptors (Lipinski definition) is 6. The number of piperidine rings is 1. The predicted octanol–water partition coefficient (Wildman–Crippen LogP) is 4.81. The van der Waals surface area contributed by atoms with E-state index in [-0.39, 0.29) is 16.1 Å². The molecule has 0 radical (unpaired) electrons. The van der Waals surface area contributed by atoms with Gasteiger partial charge in [-0.1, -0.05) is 30.3 Å². The molecule has 9 nitrogen and oxygen atoms in total. The Morgan fingerprint density at radius 3 is 2.10 bits per heavy atom. The summed E-state index contributed by atoms with van der Waals surface area (Å²) in [6, 6.07) is 16.0. The fourth-order valence-electron chi connectivity index (χ4n) is 4.02. The fourth-order valence-corrected chi connectivity index (χ4v) is 5.07. The molecule has 0 spiro atoms. The second kappa shape index (κ2) is 12.8. The molecule has 2 heterocycles. The van der Waals surface area contributed by atoms with E-state index in [1.165, 1.54) is 17.8 Å². The minimum atomic E-state index is -5.08. The topological polar surface area (TPSA) is 137 Å². The molecule has 1 aliphatic rings. The van der Waals surface area contributed by atoms with Crippen LogP contribution in [0.15, 0.2) is 71.8 Å².